The van der Waals surface area contributed by atoms with Crippen LogP contribution in [0.4, 0.5) is 0 Å². The summed E-state index contributed by atoms with van der Waals surface area (Å²) >= 11 is 0. The van der Waals surface area contributed by atoms with Gasteiger partial charge in [-0.3, -0.25) is 4.79 Å². The van der Waals surface area contributed by atoms with Crippen molar-refractivity contribution in [2.75, 3.05) is 0 Å². The monoisotopic (exact) mass is 263 g/mol. The lowest BCUT2D eigenvalue weighted by molar-refractivity contribution is -0.137. The molecule has 1 aromatic carbocycles. The summed E-state index contributed by atoms with van der Waals surface area (Å²) < 4.78 is 0. The maximum absolute atomic E-state index is 10.5. The van der Waals surface area contributed by atoms with E-state index in [0.717, 1.165) is 25.7 Å². The van der Waals surface area contributed by atoms with Gasteiger partial charge in [-0.1, -0.05) is 38.5 Å². The first kappa shape index (κ1) is 15.7. The lowest BCUT2D eigenvalue weighted by Crippen LogP contribution is -2.13. The molecule has 106 valence electrons. The first-order chi connectivity index (χ1) is 9.08. The molecule has 0 aliphatic carbocycles. The predicted octanol–water partition coefficient (Wildman–Crippen LogP) is 3.46. The van der Waals surface area contributed by atoms with E-state index in [1.165, 1.54) is 16.7 Å². The van der Waals surface area contributed by atoms with Gasteiger partial charge >= 0.3 is 5.97 Å². The molecule has 1 unspecified atom stereocenters. The number of carboxylic acid groups (broad SMARTS) is 1. The average molecular weight is 263 g/mol. The van der Waals surface area contributed by atoms with Crippen LogP contribution in [0.3, 0.4) is 0 Å². The van der Waals surface area contributed by atoms with E-state index in [4.69, 9.17) is 10.8 Å². The van der Waals surface area contributed by atoms with E-state index in [2.05, 4.69) is 32.0 Å². The molecule has 1 aromatic rings. The summed E-state index contributed by atoms with van der Waals surface area (Å²) in [5.41, 5.74) is 10.1. The van der Waals surface area contributed by atoms with Gasteiger partial charge in [0.1, 0.15) is 0 Å². The Kier molecular flexibility index (Phi) is 6.57. The Balaban J connectivity index is 2.63. The number of carboxylic acids is 1. The van der Waals surface area contributed by atoms with Gasteiger partial charge in [0, 0.05) is 12.5 Å². The number of hydrogen-bond donors (Lipinski definition) is 2. The molecule has 0 saturated carbocycles. The average Bonchev–Trinajstić information content (AvgIpc) is 2.42. The highest BCUT2D eigenvalue weighted by molar-refractivity contribution is 5.66. The van der Waals surface area contributed by atoms with Crippen molar-refractivity contribution in [1.29, 1.82) is 0 Å². The summed E-state index contributed by atoms with van der Waals surface area (Å²) in [5, 5.41) is 8.61. The van der Waals surface area contributed by atoms with Crippen LogP contribution in [0.15, 0.2) is 18.2 Å². The molecule has 0 fully saturated rings. The van der Waals surface area contributed by atoms with Crippen molar-refractivity contribution in [2.45, 2.75) is 58.4 Å². The minimum absolute atomic E-state index is 0.0234. The Morgan fingerprint density at radius 1 is 1.26 bits per heavy atom. The highest BCUT2D eigenvalue weighted by Crippen LogP contribution is 2.23. The number of nitrogens with two attached hydrogens (primary N) is 1. The van der Waals surface area contributed by atoms with Crippen LogP contribution in [0.2, 0.25) is 0 Å². The number of rotatable bonds is 8. The van der Waals surface area contributed by atoms with Crippen LogP contribution in [0, 0.1) is 0 Å². The van der Waals surface area contributed by atoms with Crippen LogP contribution in [-0.4, -0.2) is 11.1 Å². The molecule has 0 heterocycles. The van der Waals surface area contributed by atoms with Crippen molar-refractivity contribution in [3.05, 3.63) is 34.9 Å². The fourth-order valence-electron chi connectivity index (χ4n) is 2.33. The minimum atomic E-state index is -0.726. The number of carbonyl (C=O) groups is 1. The molecule has 0 aliphatic heterocycles. The maximum Gasteiger partial charge on any atom is 0.303 e. The first-order valence-corrected chi connectivity index (χ1v) is 7.17. The Morgan fingerprint density at radius 3 is 2.58 bits per heavy atom. The molecule has 0 radical (unpaired) electrons. The molecule has 3 heteroatoms. The lowest BCUT2D eigenvalue weighted by Gasteiger charge is -2.17. The Hall–Kier alpha value is -1.35. The largest absolute Gasteiger partial charge is 0.481 e. The van der Waals surface area contributed by atoms with Crippen molar-refractivity contribution in [2.24, 2.45) is 5.73 Å². The number of aliphatic carboxylic acids is 1. The molecular weight excluding hydrogens is 238 g/mol. The number of benzene rings is 1. The third-order valence-corrected chi connectivity index (χ3v) is 3.55. The zero-order valence-electron chi connectivity index (χ0n) is 12.0. The summed E-state index contributed by atoms with van der Waals surface area (Å²) in [6, 6.07) is 6.57. The molecule has 0 amide bonds. The zero-order chi connectivity index (χ0) is 14.3. The molecule has 1 atom stereocenters. The molecule has 0 aliphatic rings. The van der Waals surface area contributed by atoms with Gasteiger partial charge in [-0.15, -0.1) is 0 Å². The maximum atomic E-state index is 10.5. The molecular formula is C16H25NO2. The predicted molar refractivity (Wildman–Crippen MR) is 78.2 cm³/mol. The molecule has 3 nitrogen and oxygen atoms in total. The second-order valence-corrected chi connectivity index (χ2v) is 4.99. The summed E-state index contributed by atoms with van der Waals surface area (Å²) in [4.78, 5) is 10.5. The van der Waals surface area contributed by atoms with E-state index in [0.29, 0.717) is 6.42 Å². The van der Waals surface area contributed by atoms with Crippen LogP contribution in [0.25, 0.3) is 0 Å². The Morgan fingerprint density at radius 2 is 2.00 bits per heavy atom. The standard InChI is InChI=1S/C16H25NO2/c1-3-12-9-10-13(4-2)14(11-12)15(17)7-5-6-8-16(18)19/h9-11,15H,3-8,17H2,1-2H3,(H,18,19). The second-order valence-electron chi connectivity index (χ2n) is 4.99. The van der Waals surface area contributed by atoms with Crippen molar-refractivity contribution < 1.29 is 9.90 Å². The quantitative estimate of drug-likeness (QED) is 0.706. The van der Waals surface area contributed by atoms with Crippen molar-refractivity contribution in [1.82, 2.24) is 0 Å². The highest BCUT2D eigenvalue weighted by atomic mass is 16.4. The fraction of sp³-hybridized carbons (Fsp3) is 0.562. The second kappa shape index (κ2) is 7.95. The third-order valence-electron chi connectivity index (χ3n) is 3.55. The molecule has 0 spiro atoms. The topological polar surface area (TPSA) is 63.3 Å². The van der Waals surface area contributed by atoms with Crippen molar-refractivity contribution in [3.8, 4) is 0 Å². The highest BCUT2D eigenvalue weighted by Gasteiger charge is 2.11. The normalized spacial score (nSPS) is 12.4. The van der Waals surface area contributed by atoms with Crippen molar-refractivity contribution >= 4 is 5.97 Å². The number of hydrogen-bond acceptors (Lipinski definition) is 2. The molecule has 19 heavy (non-hydrogen) atoms. The summed E-state index contributed by atoms with van der Waals surface area (Å²) in [7, 11) is 0. The summed E-state index contributed by atoms with van der Waals surface area (Å²) in [5.74, 6) is -0.726. The SMILES string of the molecule is CCc1ccc(CC)c(C(N)CCCCC(=O)O)c1. The van der Waals surface area contributed by atoms with E-state index < -0.39 is 5.97 Å². The molecule has 3 N–H and O–H groups in total. The molecule has 0 saturated heterocycles. The Labute approximate surface area is 115 Å². The molecule has 0 aromatic heterocycles. The molecule has 0 bridgehead atoms. The van der Waals surface area contributed by atoms with E-state index >= 15 is 0 Å². The van der Waals surface area contributed by atoms with Gasteiger partial charge in [0.2, 0.25) is 0 Å². The van der Waals surface area contributed by atoms with E-state index in [1.54, 1.807) is 0 Å². The first-order valence-electron chi connectivity index (χ1n) is 7.17. The van der Waals surface area contributed by atoms with E-state index in [1.807, 2.05) is 0 Å². The van der Waals surface area contributed by atoms with Gasteiger partial charge in [-0.2, -0.15) is 0 Å². The van der Waals surface area contributed by atoms with Crippen molar-refractivity contribution in [3.63, 3.8) is 0 Å². The van der Waals surface area contributed by atoms with E-state index in [-0.39, 0.29) is 12.5 Å². The summed E-state index contributed by atoms with van der Waals surface area (Å²) in [6.45, 7) is 4.28. The van der Waals surface area contributed by atoms with Crippen LogP contribution in [0.5, 0.6) is 0 Å². The van der Waals surface area contributed by atoms with Gasteiger partial charge in [0.15, 0.2) is 0 Å². The zero-order valence-corrected chi connectivity index (χ0v) is 12.0. The van der Waals surface area contributed by atoms with Crippen LogP contribution < -0.4 is 5.73 Å². The van der Waals surface area contributed by atoms with Gasteiger partial charge < -0.3 is 10.8 Å². The van der Waals surface area contributed by atoms with E-state index in [9.17, 15) is 4.79 Å². The van der Waals surface area contributed by atoms with Gasteiger partial charge in [-0.05, 0) is 42.4 Å². The van der Waals surface area contributed by atoms with Gasteiger partial charge in [-0.25, -0.2) is 0 Å². The lowest BCUT2D eigenvalue weighted by atomic mass is 9.93. The van der Waals surface area contributed by atoms with Gasteiger partial charge in [0.05, 0.1) is 0 Å². The fourth-order valence-corrected chi connectivity index (χ4v) is 2.33. The number of unbranched alkanes of at least 4 members (excludes halogenated alkanes) is 1. The minimum Gasteiger partial charge on any atom is -0.481 e. The third kappa shape index (κ3) is 5.03. The van der Waals surface area contributed by atoms with Crippen LogP contribution >= 0.6 is 0 Å². The summed E-state index contributed by atoms with van der Waals surface area (Å²) in [6.07, 6.45) is 4.67. The molecule has 1 rings (SSSR count). The number of aryl methyl sites for hydroxylation is 2. The Bertz CT molecular complexity index is 415. The van der Waals surface area contributed by atoms with Crippen LogP contribution in [0.1, 0.15) is 62.3 Å². The smallest absolute Gasteiger partial charge is 0.303 e. The van der Waals surface area contributed by atoms with Gasteiger partial charge in [0.25, 0.3) is 0 Å². The van der Waals surface area contributed by atoms with Crippen LogP contribution in [-0.2, 0) is 17.6 Å².